The van der Waals surface area contributed by atoms with Gasteiger partial charge in [0.05, 0.1) is 18.9 Å². The van der Waals surface area contributed by atoms with Crippen molar-refractivity contribution in [3.05, 3.63) is 94.8 Å². The minimum atomic E-state index is -0.585. The van der Waals surface area contributed by atoms with E-state index in [9.17, 15) is 9.59 Å². The van der Waals surface area contributed by atoms with Gasteiger partial charge in [0.15, 0.2) is 0 Å². The number of primary amides is 1. The summed E-state index contributed by atoms with van der Waals surface area (Å²) in [5.41, 5.74) is 15.4. The van der Waals surface area contributed by atoms with Crippen LogP contribution in [0.15, 0.2) is 94.8 Å². The summed E-state index contributed by atoms with van der Waals surface area (Å²) >= 11 is 0. The molecule has 0 atom stereocenters. The standard InChI is InChI=1S/C23H29N3O2.C4H6O2/c1-5-18(11-12-19-10-8-6-7-9-16(19)2)22(25)17(3)21(24)14-13-20(15-28-4)23(26)27;5-4-2-1-3-6-4/h5-7,9-14,25H,3,8,15,24H2,1-2,4H3,(H2,26,27);1-3H2/b12-11-,18-5+,20-13+,21-14+,25-22?;. The second kappa shape index (κ2) is 15.2. The van der Waals surface area contributed by atoms with Crippen molar-refractivity contribution in [2.24, 2.45) is 11.5 Å². The molecule has 1 heterocycles. The van der Waals surface area contributed by atoms with E-state index in [2.05, 4.69) is 36.5 Å². The van der Waals surface area contributed by atoms with Gasteiger partial charge in [0.1, 0.15) is 0 Å². The fourth-order valence-corrected chi connectivity index (χ4v) is 2.89. The second-order valence-electron chi connectivity index (χ2n) is 7.54. The number of methoxy groups -OCH3 is 1. The monoisotopic (exact) mass is 465 g/mol. The maximum atomic E-state index is 11.4. The van der Waals surface area contributed by atoms with Crippen molar-refractivity contribution in [3.63, 3.8) is 0 Å². The van der Waals surface area contributed by atoms with E-state index in [1.54, 1.807) is 0 Å². The number of nitrogens with two attached hydrogens (primary N) is 2. The molecule has 2 aliphatic rings. The number of rotatable bonds is 9. The first kappa shape index (κ1) is 28.3. The van der Waals surface area contributed by atoms with Crippen LogP contribution in [0.25, 0.3) is 0 Å². The second-order valence-corrected chi connectivity index (χ2v) is 7.54. The predicted molar refractivity (Wildman–Crippen MR) is 137 cm³/mol. The van der Waals surface area contributed by atoms with E-state index in [0.717, 1.165) is 24.0 Å². The van der Waals surface area contributed by atoms with Crippen molar-refractivity contribution in [3.8, 4) is 0 Å². The molecular weight excluding hydrogens is 430 g/mol. The number of nitrogens with one attached hydrogen (secondary N) is 1. The number of cyclic esters (lactones) is 1. The molecule has 0 aromatic heterocycles. The number of carbonyl (C=O) groups excluding carboxylic acids is 2. The van der Waals surface area contributed by atoms with E-state index < -0.39 is 5.91 Å². The predicted octanol–water partition coefficient (Wildman–Crippen LogP) is 4.12. The summed E-state index contributed by atoms with van der Waals surface area (Å²) in [5, 5.41) is 8.42. The van der Waals surface area contributed by atoms with Gasteiger partial charge in [-0.1, -0.05) is 49.1 Å². The lowest BCUT2D eigenvalue weighted by atomic mass is 9.98. The Balaban J connectivity index is 0.000000830. The summed E-state index contributed by atoms with van der Waals surface area (Å²) < 4.78 is 9.45. The Labute approximate surface area is 202 Å². The van der Waals surface area contributed by atoms with Crippen LogP contribution in [0.3, 0.4) is 0 Å². The van der Waals surface area contributed by atoms with Crippen LogP contribution in [0, 0.1) is 5.41 Å². The molecule has 0 unspecified atom stereocenters. The average molecular weight is 466 g/mol. The number of esters is 1. The summed E-state index contributed by atoms with van der Waals surface area (Å²) in [6, 6.07) is 0. The largest absolute Gasteiger partial charge is 0.466 e. The highest BCUT2D eigenvalue weighted by molar-refractivity contribution is 6.14. The van der Waals surface area contributed by atoms with Gasteiger partial charge in [-0.25, -0.2) is 0 Å². The van der Waals surface area contributed by atoms with Gasteiger partial charge in [0.2, 0.25) is 5.91 Å². The highest BCUT2D eigenvalue weighted by Gasteiger charge is 2.10. The van der Waals surface area contributed by atoms with Gasteiger partial charge in [-0.15, -0.1) is 0 Å². The van der Waals surface area contributed by atoms with E-state index in [1.165, 1.54) is 19.3 Å². The van der Waals surface area contributed by atoms with Crippen molar-refractivity contribution in [1.29, 1.82) is 5.41 Å². The molecule has 182 valence electrons. The molecule has 7 nitrogen and oxygen atoms in total. The average Bonchev–Trinajstić information content (AvgIpc) is 3.20. The van der Waals surface area contributed by atoms with Crippen molar-refractivity contribution in [2.45, 2.75) is 33.1 Å². The van der Waals surface area contributed by atoms with Crippen LogP contribution in [-0.4, -0.2) is 37.9 Å². The summed E-state index contributed by atoms with van der Waals surface area (Å²) in [4.78, 5) is 21.4. The number of hydrogen-bond acceptors (Lipinski definition) is 6. The maximum Gasteiger partial charge on any atom is 0.305 e. The van der Waals surface area contributed by atoms with Crippen LogP contribution in [0.4, 0.5) is 0 Å². The molecule has 0 radical (unpaired) electrons. The Morgan fingerprint density at radius 2 is 2.06 bits per heavy atom. The zero-order valence-corrected chi connectivity index (χ0v) is 20.2. The summed E-state index contributed by atoms with van der Waals surface area (Å²) in [6.07, 6.45) is 19.4. The lowest BCUT2D eigenvalue weighted by Crippen LogP contribution is -2.17. The van der Waals surface area contributed by atoms with Gasteiger partial charge in [-0.2, -0.15) is 0 Å². The molecule has 1 aliphatic carbocycles. The van der Waals surface area contributed by atoms with Crippen molar-refractivity contribution in [1.82, 2.24) is 0 Å². The smallest absolute Gasteiger partial charge is 0.305 e. The minimum Gasteiger partial charge on any atom is -0.466 e. The normalized spacial score (nSPS) is 16.8. The molecule has 1 saturated heterocycles. The van der Waals surface area contributed by atoms with Crippen molar-refractivity contribution < 1.29 is 19.1 Å². The third kappa shape index (κ3) is 9.83. The van der Waals surface area contributed by atoms with Crippen molar-refractivity contribution >= 4 is 17.6 Å². The molecule has 34 heavy (non-hydrogen) atoms. The van der Waals surface area contributed by atoms with Crippen LogP contribution >= 0.6 is 0 Å². The SMILES string of the molecule is C=C(C(=N)C(/C=C\C1=CCC=CC=C1C)=C/C)/C(N)=C\C=C(/COC)C(N)=O.O=C1CCCO1. The number of ether oxygens (including phenoxy) is 2. The Hall–Kier alpha value is -3.71. The molecular formula is C27H35N3O4. The third-order valence-corrected chi connectivity index (χ3v) is 4.97. The Morgan fingerprint density at radius 3 is 2.59 bits per heavy atom. The molecule has 0 spiro atoms. The minimum absolute atomic E-state index is 0.0463. The van der Waals surface area contributed by atoms with Crippen LogP contribution in [-0.2, 0) is 19.1 Å². The van der Waals surface area contributed by atoms with Crippen LogP contribution in [0.1, 0.15) is 33.1 Å². The molecule has 5 N–H and O–H groups in total. The number of allylic oxidation sites excluding steroid dienone is 13. The quantitative estimate of drug-likeness (QED) is 0.204. The molecule has 1 fully saturated rings. The fraction of sp³-hybridized carbons (Fsp3) is 0.296. The van der Waals surface area contributed by atoms with Crippen LogP contribution in [0.2, 0.25) is 0 Å². The van der Waals surface area contributed by atoms with Gasteiger partial charge < -0.3 is 20.9 Å². The zero-order valence-electron chi connectivity index (χ0n) is 20.2. The molecule has 7 heteroatoms. The first-order valence-electron chi connectivity index (χ1n) is 11.0. The lowest BCUT2D eigenvalue weighted by molar-refractivity contribution is -0.137. The summed E-state index contributed by atoms with van der Waals surface area (Å²) in [7, 11) is 1.47. The molecule has 2 rings (SSSR count). The van der Waals surface area contributed by atoms with Gasteiger partial charge in [0.25, 0.3) is 0 Å². The Bertz CT molecular complexity index is 997. The molecule has 0 bridgehead atoms. The van der Waals surface area contributed by atoms with E-state index in [1.807, 2.05) is 31.2 Å². The van der Waals surface area contributed by atoms with E-state index in [4.69, 9.17) is 21.6 Å². The number of amides is 1. The maximum absolute atomic E-state index is 11.4. The molecule has 1 amide bonds. The highest BCUT2D eigenvalue weighted by atomic mass is 16.5. The molecule has 1 aliphatic heterocycles. The topological polar surface area (TPSA) is 128 Å². The van der Waals surface area contributed by atoms with E-state index in [-0.39, 0.29) is 29.6 Å². The lowest BCUT2D eigenvalue weighted by Gasteiger charge is -2.10. The number of hydrogen-bond donors (Lipinski definition) is 3. The summed E-state index contributed by atoms with van der Waals surface area (Å²) in [6.45, 7) is 8.54. The fourth-order valence-electron chi connectivity index (χ4n) is 2.89. The van der Waals surface area contributed by atoms with E-state index in [0.29, 0.717) is 24.2 Å². The molecule has 0 aromatic rings. The number of carbonyl (C=O) groups is 2. The Kier molecular flexibility index (Phi) is 12.6. The molecule has 0 saturated carbocycles. The van der Waals surface area contributed by atoms with E-state index >= 15 is 0 Å². The Morgan fingerprint density at radius 1 is 1.32 bits per heavy atom. The van der Waals surface area contributed by atoms with Crippen molar-refractivity contribution in [2.75, 3.05) is 20.3 Å². The van der Waals surface area contributed by atoms with Gasteiger partial charge in [-0.05, 0) is 55.6 Å². The third-order valence-electron chi connectivity index (χ3n) is 4.97. The van der Waals surface area contributed by atoms with Gasteiger partial charge in [0, 0.05) is 30.4 Å². The van der Waals surface area contributed by atoms with Gasteiger partial charge in [-0.3, -0.25) is 15.0 Å². The summed E-state index contributed by atoms with van der Waals surface area (Å²) in [5.74, 6) is -0.631. The van der Waals surface area contributed by atoms with Crippen LogP contribution < -0.4 is 11.5 Å². The first-order valence-corrected chi connectivity index (χ1v) is 11.0. The zero-order chi connectivity index (χ0) is 25.5. The van der Waals surface area contributed by atoms with Gasteiger partial charge >= 0.3 is 5.97 Å². The van der Waals surface area contributed by atoms with Crippen LogP contribution in [0.5, 0.6) is 0 Å². The highest BCUT2D eigenvalue weighted by Crippen LogP contribution is 2.18. The molecule has 0 aromatic carbocycles. The first-order chi connectivity index (χ1) is 16.2.